The van der Waals surface area contributed by atoms with Crippen molar-refractivity contribution in [3.63, 3.8) is 0 Å². The zero-order valence-corrected chi connectivity index (χ0v) is 17.6. The van der Waals surface area contributed by atoms with Gasteiger partial charge in [-0.15, -0.1) is 0 Å². The first-order valence-electron chi connectivity index (χ1n) is 9.18. The highest BCUT2D eigenvalue weighted by Crippen LogP contribution is 2.22. The lowest BCUT2D eigenvalue weighted by molar-refractivity contribution is -0.385. The average Bonchev–Trinajstić information content (AvgIpc) is 2.75. The molecule has 1 heterocycles. The number of methoxy groups -OCH3 is 1. The fourth-order valence-corrected chi connectivity index (χ4v) is 4.16. The van der Waals surface area contributed by atoms with E-state index in [1.54, 1.807) is 44.4 Å². The van der Waals surface area contributed by atoms with E-state index in [0.29, 0.717) is 17.0 Å². The molecule has 0 radical (unpaired) electrons. The van der Waals surface area contributed by atoms with Crippen LogP contribution in [0.1, 0.15) is 5.56 Å². The summed E-state index contributed by atoms with van der Waals surface area (Å²) in [7, 11) is -2.45. The second-order valence-electron chi connectivity index (χ2n) is 6.61. The molecule has 2 aromatic carbocycles. The van der Waals surface area contributed by atoms with Crippen LogP contribution in [0, 0.1) is 17.0 Å². The van der Waals surface area contributed by atoms with E-state index < -0.39 is 14.9 Å². The molecule has 0 bridgehead atoms. The van der Waals surface area contributed by atoms with Crippen molar-refractivity contribution in [2.75, 3.05) is 13.7 Å². The normalized spacial score (nSPS) is 11.3. The predicted molar refractivity (Wildman–Crippen MR) is 114 cm³/mol. The van der Waals surface area contributed by atoms with Crippen molar-refractivity contribution in [1.82, 2.24) is 14.5 Å². The number of nitrogens with zero attached hydrogens (tertiary/aromatic N) is 3. The summed E-state index contributed by atoms with van der Waals surface area (Å²) < 4.78 is 33.8. The second kappa shape index (κ2) is 9.06. The summed E-state index contributed by atoms with van der Waals surface area (Å²) in [5.74, 6) is 0.683. The number of hydrogen-bond donors (Lipinski definition) is 1. The van der Waals surface area contributed by atoms with Gasteiger partial charge >= 0.3 is 0 Å². The average molecular weight is 444 g/mol. The number of non-ortho nitro benzene ring substituents is 1. The highest BCUT2D eigenvalue weighted by molar-refractivity contribution is 7.89. The molecule has 0 atom stereocenters. The molecular weight excluding hydrogens is 424 g/mol. The van der Waals surface area contributed by atoms with E-state index in [9.17, 15) is 23.3 Å². The van der Waals surface area contributed by atoms with Gasteiger partial charge in [0.25, 0.3) is 11.2 Å². The van der Waals surface area contributed by atoms with Gasteiger partial charge < -0.3 is 4.74 Å². The third-order valence-electron chi connectivity index (χ3n) is 4.54. The largest absolute Gasteiger partial charge is 0.497 e. The van der Waals surface area contributed by atoms with Gasteiger partial charge in [0.15, 0.2) is 0 Å². The summed E-state index contributed by atoms with van der Waals surface area (Å²) >= 11 is 0. The number of nitro groups is 1. The Morgan fingerprint density at radius 2 is 1.84 bits per heavy atom. The van der Waals surface area contributed by atoms with Gasteiger partial charge in [0.1, 0.15) is 5.75 Å². The molecule has 3 rings (SSSR count). The van der Waals surface area contributed by atoms with E-state index in [1.165, 1.54) is 18.2 Å². The zero-order valence-electron chi connectivity index (χ0n) is 16.8. The van der Waals surface area contributed by atoms with E-state index in [0.717, 1.165) is 16.3 Å². The van der Waals surface area contributed by atoms with Crippen molar-refractivity contribution < 1.29 is 18.1 Å². The number of sulfonamides is 1. The number of hydrogen-bond acceptors (Lipinski definition) is 7. The van der Waals surface area contributed by atoms with Crippen LogP contribution in [-0.4, -0.2) is 36.8 Å². The van der Waals surface area contributed by atoms with Gasteiger partial charge in [-0.25, -0.2) is 17.8 Å². The first kappa shape index (κ1) is 22.1. The topological polar surface area (TPSA) is 133 Å². The monoisotopic (exact) mass is 444 g/mol. The molecule has 3 aromatic rings. The molecule has 0 aliphatic rings. The Labute approximate surface area is 178 Å². The first-order valence-corrected chi connectivity index (χ1v) is 10.7. The summed E-state index contributed by atoms with van der Waals surface area (Å²) in [6.45, 7) is 1.40. The van der Waals surface area contributed by atoms with Gasteiger partial charge in [-0.2, -0.15) is 5.10 Å². The minimum Gasteiger partial charge on any atom is -0.497 e. The number of rotatable bonds is 8. The quantitative estimate of drug-likeness (QED) is 0.415. The van der Waals surface area contributed by atoms with Crippen LogP contribution in [-0.2, 0) is 16.6 Å². The van der Waals surface area contributed by atoms with Crippen molar-refractivity contribution in [2.45, 2.75) is 18.4 Å². The zero-order chi connectivity index (χ0) is 22.6. The molecule has 0 unspecified atom stereocenters. The van der Waals surface area contributed by atoms with E-state index in [2.05, 4.69) is 9.82 Å². The standard InChI is InChI=1S/C20H20N4O6S/c1-14-3-6-16(24(26)27)13-19(14)31(28,29)21-11-12-23-20(25)10-9-18(22-23)15-4-7-17(30-2)8-5-15/h3-10,13,21H,11-12H2,1-2H3. The van der Waals surface area contributed by atoms with Gasteiger partial charge in [-0.1, -0.05) is 6.07 Å². The minimum absolute atomic E-state index is 0.0178. The number of benzene rings is 2. The molecular formula is C20H20N4O6S. The van der Waals surface area contributed by atoms with E-state index in [-0.39, 0.29) is 29.2 Å². The molecule has 0 aliphatic carbocycles. The molecule has 0 saturated heterocycles. The molecule has 1 aromatic heterocycles. The van der Waals surface area contributed by atoms with Crippen molar-refractivity contribution in [2.24, 2.45) is 0 Å². The number of nitro benzene ring substituents is 1. The summed E-state index contributed by atoms with van der Waals surface area (Å²) in [5, 5.41) is 15.2. The van der Waals surface area contributed by atoms with Crippen LogP contribution in [0.2, 0.25) is 0 Å². The molecule has 0 aliphatic heterocycles. The maximum absolute atomic E-state index is 12.6. The Balaban J connectivity index is 1.76. The molecule has 0 spiro atoms. The number of aryl methyl sites for hydroxylation is 1. The van der Waals surface area contributed by atoms with Gasteiger partial charge in [0.05, 0.1) is 29.2 Å². The van der Waals surface area contributed by atoms with Gasteiger partial charge in [0.2, 0.25) is 10.0 Å². The number of ether oxygens (including phenoxy) is 1. The molecule has 10 nitrogen and oxygen atoms in total. The fourth-order valence-electron chi connectivity index (χ4n) is 2.88. The fraction of sp³-hybridized carbons (Fsp3) is 0.200. The summed E-state index contributed by atoms with van der Waals surface area (Å²) in [6, 6.07) is 13.7. The third kappa shape index (κ3) is 5.13. The number of nitrogens with one attached hydrogen (secondary N) is 1. The van der Waals surface area contributed by atoms with Crippen LogP contribution < -0.4 is 15.0 Å². The van der Waals surface area contributed by atoms with Crippen LogP contribution in [0.25, 0.3) is 11.3 Å². The van der Waals surface area contributed by atoms with Crippen molar-refractivity contribution >= 4 is 15.7 Å². The Hall–Kier alpha value is -3.57. The predicted octanol–water partition coefficient (Wildman–Crippen LogP) is 2.11. The first-order chi connectivity index (χ1) is 14.7. The van der Waals surface area contributed by atoms with E-state index >= 15 is 0 Å². The maximum Gasteiger partial charge on any atom is 0.270 e. The highest BCUT2D eigenvalue weighted by atomic mass is 32.2. The van der Waals surface area contributed by atoms with Crippen LogP contribution in [0.3, 0.4) is 0 Å². The van der Waals surface area contributed by atoms with Crippen LogP contribution >= 0.6 is 0 Å². The lowest BCUT2D eigenvalue weighted by Gasteiger charge is -2.11. The Kier molecular flexibility index (Phi) is 6.47. The molecule has 1 N–H and O–H groups in total. The second-order valence-corrected chi connectivity index (χ2v) is 8.35. The van der Waals surface area contributed by atoms with E-state index in [4.69, 9.17) is 4.74 Å². The Bertz CT molecular complexity index is 1270. The van der Waals surface area contributed by atoms with Crippen LogP contribution in [0.15, 0.2) is 64.3 Å². The van der Waals surface area contributed by atoms with Gasteiger partial charge in [-0.3, -0.25) is 14.9 Å². The van der Waals surface area contributed by atoms with Gasteiger partial charge in [0, 0.05) is 30.3 Å². The lowest BCUT2D eigenvalue weighted by Crippen LogP contribution is -2.32. The molecule has 0 amide bonds. The SMILES string of the molecule is COc1ccc(-c2ccc(=O)n(CCNS(=O)(=O)c3cc([N+](=O)[O-])ccc3C)n2)cc1. The van der Waals surface area contributed by atoms with E-state index in [1.807, 2.05) is 0 Å². The van der Waals surface area contributed by atoms with Crippen molar-refractivity contribution in [3.05, 3.63) is 80.6 Å². The van der Waals surface area contributed by atoms with Crippen LogP contribution in [0.4, 0.5) is 5.69 Å². The molecule has 11 heteroatoms. The van der Waals surface area contributed by atoms with Crippen molar-refractivity contribution in [1.29, 1.82) is 0 Å². The minimum atomic E-state index is -4.01. The molecule has 0 fully saturated rings. The van der Waals surface area contributed by atoms with Crippen molar-refractivity contribution in [3.8, 4) is 17.0 Å². The summed E-state index contributed by atoms with van der Waals surface area (Å²) in [5.41, 5.74) is 0.968. The molecule has 0 saturated carbocycles. The molecule has 162 valence electrons. The van der Waals surface area contributed by atoms with Crippen LogP contribution in [0.5, 0.6) is 5.75 Å². The Morgan fingerprint density at radius 1 is 1.13 bits per heavy atom. The number of aromatic nitrogens is 2. The Morgan fingerprint density at radius 3 is 2.48 bits per heavy atom. The maximum atomic E-state index is 12.6. The summed E-state index contributed by atoms with van der Waals surface area (Å²) in [4.78, 5) is 22.2. The third-order valence-corrected chi connectivity index (χ3v) is 6.14. The highest BCUT2D eigenvalue weighted by Gasteiger charge is 2.20. The van der Waals surface area contributed by atoms with Gasteiger partial charge in [-0.05, 0) is 42.8 Å². The molecule has 31 heavy (non-hydrogen) atoms. The lowest BCUT2D eigenvalue weighted by atomic mass is 10.1. The summed E-state index contributed by atoms with van der Waals surface area (Å²) in [6.07, 6.45) is 0. The smallest absolute Gasteiger partial charge is 0.270 e.